The monoisotopic (exact) mass is 778 g/mol. The summed E-state index contributed by atoms with van der Waals surface area (Å²) in [4.78, 5) is 10.6. The second-order valence-corrected chi connectivity index (χ2v) is 17.4. The van der Waals surface area contributed by atoms with Crippen LogP contribution in [0, 0.1) is 0 Å². The van der Waals surface area contributed by atoms with Gasteiger partial charge in [0.25, 0.3) is 0 Å². The van der Waals surface area contributed by atoms with Crippen molar-refractivity contribution < 1.29 is 0 Å². The first-order chi connectivity index (χ1) is 29.9. The molecular weight excluding hydrogens is 737 g/mol. The highest BCUT2D eigenvalue weighted by Crippen LogP contribution is 2.54. The van der Waals surface area contributed by atoms with Gasteiger partial charge in [-0.1, -0.05) is 196 Å². The number of hydrogen-bond donors (Lipinski definition) is 0. The smallest absolute Gasteiger partial charge is 0.160 e. The summed E-state index contributed by atoms with van der Waals surface area (Å²) in [5.74, 6) is 0.712. The van der Waals surface area contributed by atoms with Gasteiger partial charge >= 0.3 is 0 Å². The van der Waals surface area contributed by atoms with Crippen LogP contribution in [0.1, 0.15) is 48.6 Å². The van der Waals surface area contributed by atoms with Crippen LogP contribution in [0.15, 0.2) is 200 Å². The lowest BCUT2D eigenvalue weighted by atomic mass is 9.74. The van der Waals surface area contributed by atoms with Gasteiger partial charge in [0.2, 0.25) is 0 Å². The van der Waals surface area contributed by atoms with E-state index in [0.717, 1.165) is 28.1 Å². The quantitative estimate of drug-likeness (QED) is 0.174. The van der Waals surface area contributed by atoms with E-state index in [9.17, 15) is 0 Å². The molecule has 2 heteroatoms. The average molecular weight is 779 g/mol. The topological polar surface area (TPSA) is 25.8 Å². The summed E-state index contributed by atoms with van der Waals surface area (Å²) in [5, 5.41) is 5.00. The van der Waals surface area contributed by atoms with Crippen LogP contribution in [0.5, 0.6) is 0 Å². The first-order valence-corrected chi connectivity index (χ1v) is 21.3. The predicted octanol–water partition coefficient (Wildman–Crippen LogP) is 15.1. The van der Waals surface area contributed by atoms with E-state index in [2.05, 4.69) is 215 Å². The highest BCUT2D eigenvalue weighted by Gasteiger charge is 2.41. The minimum Gasteiger partial charge on any atom is -0.228 e. The molecule has 0 saturated carbocycles. The first kappa shape index (κ1) is 35.5. The van der Waals surface area contributed by atoms with Crippen molar-refractivity contribution in [1.82, 2.24) is 9.97 Å². The van der Waals surface area contributed by atoms with Gasteiger partial charge in [-0.05, 0) is 108 Å². The average Bonchev–Trinajstić information content (AvgIpc) is 3.72. The fourth-order valence-electron chi connectivity index (χ4n) is 10.7. The fraction of sp³-hybridized carbons (Fsp3) is 0.0847. The van der Waals surface area contributed by atoms with Gasteiger partial charge in [0.1, 0.15) is 0 Å². The predicted molar refractivity (Wildman–Crippen MR) is 254 cm³/mol. The number of benzene rings is 9. The number of aromatic nitrogens is 2. The summed E-state index contributed by atoms with van der Waals surface area (Å²) < 4.78 is 0. The summed E-state index contributed by atoms with van der Waals surface area (Å²) in [6.45, 7) is 7.13. The van der Waals surface area contributed by atoms with Gasteiger partial charge in [-0.15, -0.1) is 0 Å². The second kappa shape index (κ2) is 13.3. The lowest BCUT2D eigenvalue weighted by Gasteiger charge is -2.28. The molecule has 1 atom stereocenters. The van der Waals surface area contributed by atoms with Crippen LogP contribution in [0.3, 0.4) is 0 Å². The number of nitrogens with zero attached hydrogens (tertiary/aromatic N) is 2. The van der Waals surface area contributed by atoms with Crippen LogP contribution in [0.25, 0.3) is 88.8 Å². The van der Waals surface area contributed by atoms with Gasteiger partial charge in [0.15, 0.2) is 5.82 Å². The zero-order valence-corrected chi connectivity index (χ0v) is 34.4. The second-order valence-electron chi connectivity index (χ2n) is 17.4. The maximum Gasteiger partial charge on any atom is 0.160 e. The van der Waals surface area contributed by atoms with E-state index in [1.165, 1.54) is 82.7 Å². The molecule has 0 N–H and O–H groups in total. The van der Waals surface area contributed by atoms with Crippen LogP contribution in [-0.4, -0.2) is 9.97 Å². The van der Waals surface area contributed by atoms with Crippen LogP contribution in [0.2, 0.25) is 0 Å². The Bertz CT molecular complexity index is 3400. The molecule has 0 aliphatic heterocycles. The third-order valence-electron chi connectivity index (χ3n) is 13.8. The first-order valence-electron chi connectivity index (χ1n) is 21.3. The normalized spacial score (nSPS) is 15.7. The number of hydrogen-bond acceptors (Lipinski definition) is 2. The Kier molecular flexibility index (Phi) is 7.74. The fourth-order valence-corrected chi connectivity index (χ4v) is 10.7. The Morgan fingerprint density at radius 1 is 0.344 bits per heavy atom. The lowest BCUT2D eigenvalue weighted by molar-refractivity contribution is 0.666. The van der Waals surface area contributed by atoms with Crippen LogP contribution < -0.4 is 0 Å². The van der Waals surface area contributed by atoms with Gasteiger partial charge in [0, 0.05) is 27.5 Å². The van der Waals surface area contributed by atoms with Gasteiger partial charge in [-0.3, -0.25) is 0 Å². The minimum absolute atomic E-state index is 0.137. The molecule has 0 spiro atoms. The summed E-state index contributed by atoms with van der Waals surface area (Å²) in [6, 6.07) is 73.1. The molecule has 1 aromatic heterocycles. The molecule has 0 fully saturated rings. The van der Waals surface area contributed by atoms with E-state index in [0.29, 0.717) is 5.82 Å². The molecule has 0 bridgehead atoms. The van der Waals surface area contributed by atoms with E-state index in [1.807, 2.05) is 6.07 Å². The third-order valence-corrected chi connectivity index (χ3v) is 13.8. The zero-order chi connectivity index (χ0) is 40.9. The Balaban J connectivity index is 1.00. The van der Waals surface area contributed by atoms with Gasteiger partial charge in [-0.2, -0.15) is 0 Å². The molecule has 0 radical (unpaired) electrons. The van der Waals surface area contributed by atoms with E-state index in [-0.39, 0.29) is 10.8 Å². The number of fused-ring (bicyclic) bond motifs is 9. The Morgan fingerprint density at radius 2 is 0.934 bits per heavy atom. The van der Waals surface area contributed by atoms with Crippen molar-refractivity contribution in [2.75, 3.05) is 0 Å². The minimum atomic E-state index is -0.259. The van der Waals surface area contributed by atoms with Crippen LogP contribution >= 0.6 is 0 Å². The highest BCUT2D eigenvalue weighted by molar-refractivity contribution is 6.06. The molecule has 10 aromatic rings. The van der Waals surface area contributed by atoms with Crippen molar-refractivity contribution in [1.29, 1.82) is 0 Å². The Morgan fingerprint density at radius 3 is 1.75 bits per heavy atom. The maximum absolute atomic E-state index is 5.33. The van der Waals surface area contributed by atoms with Crippen LogP contribution in [-0.2, 0) is 10.8 Å². The van der Waals surface area contributed by atoms with Crippen molar-refractivity contribution >= 4 is 21.5 Å². The Labute approximate surface area is 356 Å². The van der Waals surface area contributed by atoms with Gasteiger partial charge < -0.3 is 0 Å². The molecule has 2 aliphatic carbocycles. The molecule has 61 heavy (non-hydrogen) atoms. The largest absolute Gasteiger partial charge is 0.228 e. The molecular formula is C59H42N2. The van der Waals surface area contributed by atoms with E-state index >= 15 is 0 Å². The van der Waals surface area contributed by atoms with Gasteiger partial charge in [-0.25, -0.2) is 9.97 Å². The Hall–Kier alpha value is -7.42. The summed E-state index contributed by atoms with van der Waals surface area (Å²) >= 11 is 0. The molecule has 2 nitrogen and oxygen atoms in total. The summed E-state index contributed by atoms with van der Waals surface area (Å²) in [6.07, 6.45) is 0. The zero-order valence-electron chi connectivity index (χ0n) is 34.4. The number of rotatable bonds is 5. The molecule has 1 heterocycles. The molecule has 0 saturated heterocycles. The molecule has 288 valence electrons. The molecule has 1 unspecified atom stereocenters. The van der Waals surface area contributed by atoms with Crippen molar-refractivity contribution in [2.45, 2.75) is 31.6 Å². The highest BCUT2D eigenvalue weighted by atomic mass is 14.9. The van der Waals surface area contributed by atoms with E-state index in [4.69, 9.17) is 9.97 Å². The molecule has 12 rings (SSSR count). The van der Waals surface area contributed by atoms with Crippen molar-refractivity contribution in [3.05, 3.63) is 228 Å². The standard InChI is InChI=1S/C59H42N2/c1-58(2)53-35-39(27-29-47(53)49-30-26-37-16-10-11-21-43(37)56(49)58)42-31-32-48(45-23-13-12-22-44(42)45)55-36-54(60-57(61-55)38-17-6-4-7-18-38)40-28-33-52-50(34-40)46-24-14-15-25-51(46)59(52,3)41-19-8-5-9-20-41/h4-36H,1-3H3. The van der Waals surface area contributed by atoms with Gasteiger partial charge in [0.05, 0.1) is 11.4 Å². The van der Waals surface area contributed by atoms with E-state index < -0.39 is 0 Å². The third kappa shape index (κ3) is 5.28. The van der Waals surface area contributed by atoms with Crippen molar-refractivity contribution in [3.63, 3.8) is 0 Å². The maximum atomic E-state index is 5.33. The molecule has 0 amide bonds. The van der Waals surface area contributed by atoms with E-state index in [1.54, 1.807) is 0 Å². The van der Waals surface area contributed by atoms with Crippen LogP contribution in [0.4, 0.5) is 0 Å². The molecule has 9 aromatic carbocycles. The lowest BCUT2D eigenvalue weighted by Crippen LogP contribution is -2.22. The summed E-state index contributed by atoms with van der Waals surface area (Å²) in [7, 11) is 0. The van der Waals surface area contributed by atoms with Crippen molar-refractivity contribution in [3.8, 4) is 67.3 Å². The SMILES string of the molecule is CC1(C)c2cc(-c3ccc(-c4cc(-c5ccc6c(c5)-c5ccccc5C6(C)c5ccccc5)nc(-c5ccccc5)n4)c4ccccc34)ccc2-c2ccc3ccccc3c21. The summed E-state index contributed by atoms with van der Waals surface area (Å²) in [5.41, 5.74) is 18.9. The molecule has 2 aliphatic rings. The van der Waals surface area contributed by atoms with Crippen molar-refractivity contribution in [2.24, 2.45) is 0 Å².